The highest BCUT2D eigenvalue weighted by molar-refractivity contribution is 9.09. The fourth-order valence-corrected chi connectivity index (χ4v) is 1.61. The molecule has 1 heterocycles. The van der Waals surface area contributed by atoms with Crippen molar-refractivity contribution in [3.8, 4) is 0 Å². The van der Waals surface area contributed by atoms with E-state index in [4.69, 9.17) is 4.74 Å². The van der Waals surface area contributed by atoms with Gasteiger partial charge in [0.2, 0.25) is 0 Å². The highest BCUT2D eigenvalue weighted by Crippen LogP contribution is 2.25. The Morgan fingerprint density at radius 3 is 2.36 bits per heavy atom. The van der Waals surface area contributed by atoms with Gasteiger partial charge in [0.1, 0.15) is 5.60 Å². The number of halogens is 1. The maximum absolute atomic E-state index is 11.5. The van der Waals surface area contributed by atoms with Crippen LogP contribution in [0.2, 0.25) is 0 Å². The molecule has 3 nitrogen and oxygen atoms in total. The number of amides is 1. The molecule has 1 aliphatic rings. The van der Waals surface area contributed by atoms with Crippen LogP contribution in [-0.4, -0.2) is 34.5 Å². The summed E-state index contributed by atoms with van der Waals surface area (Å²) in [7, 11) is 0. The molecule has 0 aliphatic carbocycles. The zero-order valence-electron chi connectivity index (χ0n) is 9.21. The number of rotatable bonds is 1. The maximum atomic E-state index is 11.5. The molecule has 0 bridgehead atoms. The van der Waals surface area contributed by atoms with Crippen LogP contribution in [0.3, 0.4) is 0 Å². The standard InChI is InChI=1S/C10H18BrNO2/c1-7(11)8-5-12(6-8)9(13)14-10(2,3)4/h7-8H,5-6H2,1-4H3/t7-/m1/s1. The molecule has 1 rings (SSSR count). The van der Waals surface area contributed by atoms with E-state index >= 15 is 0 Å². The van der Waals surface area contributed by atoms with Crippen LogP contribution >= 0.6 is 15.9 Å². The number of carbonyl (C=O) groups is 1. The van der Waals surface area contributed by atoms with E-state index in [0.29, 0.717) is 10.7 Å². The normalized spacial score (nSPS) is 20.2. The fourth-order valence-electron chi connectivity index (χ4n) is 1.28. The highest BCUT2D eigenvalue weighted by atomic mass is 79.9. The average molecular weight is 264 g/mol. The molecular formula is C10H18BrNO2. The Morgan fingerprint density at radius 2 is 2.00 bits per heavy atom. The van der Waals surface area contributed by atoms with Crippen LogP contribution in [0.4, 0.5) is 4.79 Å². The van der Waals surface area contributed by atoms with Gasteiger partial charge in [-0.25, -0.2) is 4.79 Å². The molecule has 82 valence electrons. The van der Waals surface area contributed by atoms with Crippen molar-refractivity contribution in [2.75, 3.05) is 13.1 Å². The van der Waals surface area contributed by atoms with Gasteiger partial charge in [0, 0.05) is 23.8 Å². The first-order valence-corrected chi connectivity index (χ1v) is 5.83. The van der Waals surface area contributed by atoms with Gasteiger partial charge in [-0.05, 0) is 20.8 Å². The van der Waals surface area contributed by atoms with E-state index in [-0.39, 0.29) is 11.7 Å². The van der Waals surface area contributed by atoms with Crippen molar-refractivity contribution < 1.29 is 9.53 Å². The Bertz CT molecular complexity index is 217. The number of hydrogen-bond acceptors (Lipinski definition) is 2. The lowest BCUT2D eigenvalue weighted by atomic mass is 9.98. The van der Waals surface area contributed by atoms with E-state index in [1.165, 1.54) is 0 Å². The van der Waals surface area contributed by atoms with Gasteiger partial charge in [-0.3, -0.25) is 0 Å². The summed E-state index contributed by atoms with van der Waals surface area (Å²) in [6, 6.07) is 0. The van der Waals surface area contributed by atoms with Crippen LogP contribution in [0, 0.1) is 5.92 Å². The zero-order chi connectivity index (χ0) is 10.9. The summed E-state index contributed by atoms with van der Waals surface area (Å²) in [6.07, 6.45) is -0.193. The lowest BCUT2D eigenvalue weighted by molar-refractivity contribution is -0.000346. The van der Waals surface area contributed by atoms with Gasteiger partial charge in [-0.15, -0.1) is 0 Å². The molecule has 1 amide bonds. The van der Waals surface area contributed by atoms with Crippen LogP contribution in [0.25, 0.3) is 0 Å². The molecule has 0 aromatic heterocycles. The van der Waals surface area contributed by atoms with Gasteiger partial charge >= 0.3 is 6.09 Å². The van der Waals surface area contributed by atoms with E-state index in [0.717, 1.165) is 13.1 Å². The second-order valence-corrected chi connectivity index (χ2v) is 6.27. The van der Waals surface area contributed by atoms with Crippen LogP contribution in [-0.2, 0) is 4.74 Å². The Morgan fingerprint density at radius 1 is 1.50 bits per heavy atom. The molecule has 0 aromatic carbocycles. The summed E-state index contributed by atoms with van der Waals surface area (Å²) in [5, 5.41) is 0. The number of hydrogen-bond donors (Lipinski definition) is 0. The Kier molecular flexibility index (Phi) is 3.45. The summed E-state index contributed by atoms with van der Waals surface area (Å²) in [5.74, 6) is 0.572. The lowest BCUT2D eigenvalue weighted by Gasteiger charge is -2.41. The van der Waals surface area contributed by atoms with Crippen molar-refractivity contribution in [1.82, 2.24) is 4.90 Å². The van der Waals surface area contributed by atoms with Crippen molar-refractivity contribution in [3.63, 3.8) is 0 Å². The predicted octanol–water partition coefficient (Wildman–Crippen LogP) is 2.64. The van der Waals surface area contributed by atoms with Crippen molar-refractivity contribution in [3.05, 3.63) is 0 Å². The fraction of sp³-hybridized carbons (Fsp3) is 0.900. The summed E-state index contributed by atoms with van der Waals surface area (Å²) in [5.41, 5.74) is -0.387. The Hall–Kier alpha value is -0.250. The van der Waals surface area contributed by atoms with E-state index in [2.05, 4.69) is 22.9 Å². The molecule has 0 spiro atoms. The summed E-state index contributed by atoms with van der Waals surface area (Å²) in [6.45, 7) is 9.37. The molecule has 1 fully saturated rings. The summed E-state index contributed by atoms with van der Waals surface area (Å²) >= 11 is 3.51. The van der Waals surface area contributed by atoms with Crippen LogP contribution < -0.4 is 0 Å². The number of likely N-dealkylation sites (tertiary alicyclic amines) is 1. The Balaban J connectivity index is 2.30. The van der Waals surface area contributed by atoms with E-state index in [9.17, 15) is 4.79 Å². The number of ether oxygens (including phenoxy) is 1. The van der Waals surface area contributed by atoms with E-state index < -0.39 is 0 Å². The molecule has 4 heteroatoms. The first-order chi connectivity index (χ1) is 6.29. The molecular weight excluding hydrogens is 246 g/mol. The third-order valence-electron chi connectivity index (χ3n) is 2.21. The number of carbonyl (C=O) groups excluding carboxylic acids is 1. The average Bonchev–Trinajstić information content (AvgIpc) is 1.75. The molecule has 0 saturated carbocycles. The van der Waals surface area contributed by atoms with Gasteiger partial charge in [-0.2, -0.15) is 0 Å². The first kappa shape index (κ1) is 11.8. The topological polar surface area (TPSA) is 29.5 Å². The van der Waals surface area contributed by atoms with Crippen molar-refractivity contribution in [2.24, 2.45) is 5.92 Å². The lowest BCUT2D eigenvalue weighted by Crippen LogP contribution is -2.53. The van der Waals surface area contributed by atoms with Crippen molar-refractivity contribution in [2.45, 2.75) is 38.1 Å². The number of nitrogens with zero attached hydrogens (tertiary/aromatic N) is 1. The molecule has 14 heavy (non-hydrogen) atoms. The molecule has 0 N–H and O–H groups in total. The Labute approximate surface area is 93.9 Å². The minimum absolute atomic E-state index is 0.193. The van der Waals surface area contributed by atoms with Crippen molar-refractivity contribution in [1.29, 1.82) is 0 Å². The predicted molar refractivity (Wildman–Crippen MR) is 59.7 cm³/mol. The summed E-state index contributed by atoms with van der Waals surface area (Å²) in [4.78, 5) is 13.7. The third-order valence-corrected chi connectivity index (χ3v) is 2.96. The zero-order valence-corrected chi connectivity index (χ0v) is 10.8. The molecule has 1 saturated heterocycles. The molecule has 1 aliphatic heterocycles. The monoisotopic (exact) mass is 263 g/mol. The quantitative estimate of drug-likeness (QED) is 0.681. The van der Waals surface area contributed by atoms with Crippen molar-refractivity contribution >= 4 is 22.0 Å². The minimum Gasteiger partial charge on any atom is -0.444 e. The van der Waals surface area contributed by atoms with Gasteiger partial charge in [0.15, 0.2) is 0 Å². The van der Waals surface area contributed by atoms with Crippen LogP contribution in [0.15, 0.2) is 0 Å². The minimum atomic E-state index is -0.387. The first-order valence-electron chi connectivity index (χ1n) is 4.91. The van der Waals surface area contributed by atoms with Gasteiger partial charge in [0.25, 0.3) is 0 Å². The smallest absolute Gasteiger partial charge is 0.410 e. The molecule has 0 aromatic rings. The maximum Gasteiger partial charge on any atom is 0.410 e. The van der Waals surface area contributed by atoms with E-state index in [1.54, 1.807) is 4.90 Å². The van der Waals surface area contributed by atoms with Gasteiger partial charge in [0.05, 0.1) is 0 Å². The molecule has 1 atom stereocenters. The van der Waals surface area contributed by atoms with E-state index in [1.807, 2.05) is 20.8 Å². The molecule has 0 radical (unpaired) electrons. The SMILES string of the molecule is C[C@@H](Br)C1CN(C(=O)OC(C)(C)C)C1. The number of alkyl halides is 1. The molecule has 0 unspecified atom stereocenters. The van der Waals surface area contributed by atoms with Crippen LogP contribution in [0.5, 0.6) is 0 Å². The second kappa shape index (κ2) is 4.09. The van der Waals surface area contributed by atoms with Crippen LogP contribution in [0.1, 0.15) is 27.7 Å². The largest absolute Gasteiger partial charge is 0.444 e. The third kappa shape index (κ3) is 3.15. The highest BCUT2D eigenvalue weighted by Gasteiger charge is 2.35. The summed E-state index contributed by atoms with van der Waals surface area (Å²) < 4.78 is 5.24. The second-order valence-electron chi connectivity index (χ2n) is 4.82. The van der Waals surface area contributed by atoms with Gasteiger partial charge < -0.3 is 9.64 Å². The van der Waals surface area contributed by atoms with Gasteiger partial charge in [-0.1, -0.05) is 22.9 Å².